The number of fused-ring (bicyclic) bond motifs is 3. The molecule has 0 aliphatic carbocycles. The molecule has 24 aromatic rings. The molecule has 0 saturated heterocycles. The summed E-state index contributed by atoms with van der Waals surface area (Å²) in [7, 11) is 0. The Hall–Kier alpha value is -19.1. The van der Waals surface area contributed by atoms with Gasteiger partial charge in [-0.1, -0.05) is 334 Å². The maximum Gasteiger partial charge on any atom is 0.182 e. The summed E-state index contributed by atoms with van der Waals surface area (Å²) in [6, 6.07) is 148. The van der Waals surface area contributed by atoms with Crippen molar-refractivity contribution in [2.45, 2.75) is 0 Å². The first kappa shape index (κ1) is 84.5. The van der Waals surface area contributed by atoms with Crippen LogP contribution in [0.3, 0.4) is 0 Å². The second-order valence-corrected chi connectivity index (χ2v) is 32.9. The average molecular weight is 1770 g/mol. The molecular formula is C122H80N16. The standard InChI is InChI=1S/C42H28N4.2C40H26N6/c1-3-11-29(12-4-1)33-15-7-17-35(27-33)41-44-40(45-42(46-41)36-18-8-16-34(28-36)30-13-5-2-6-14-30)32-24-22-31(23-25-32)37-19-9-21-39-38(37)20-10-26-43-39;1-3-22-41-35(15-1)29-9-5-11-31(25-29)39-44-38(45-40(46-39)32-12-6-10-30(26-32)36-16-2-4-23-42-36)28-20-18-27(19-21-28)33-13-7-17-37-34(33)14-8-24-43-37;1-2-6-27(7-3-1)34-18-19-37(43-25-34)40-45-38(31-14-10-28(11-15-31)30-20-22-41-23-21-30)44-39(46-40)32-16-12-29(13-17-32)35-24-33-8-4-5-9-36(33)42-26-35/h1-28H;2*1-26H. The minimum absolute atomic E-state index is 0.514. The summed E-state index contributed by atoms with van der Waals surface area (Å²) >= 11 is 0. The molecule has 0 fully saturated rings. The summed E-state index contributed by atoms with van der Waals surface area (Å²) in [4.78, 5) is 76.5. The zero-order chi connectivity index (χ0) is 92.1. The minimum atomic E-state index is 0.514. The SMILES string of the molecule is c1ccc(-c2ccc(-c3nc(-c4ccc(-c5ccncc5)cc4)nc(-c4ccc(-c5cnc6ccccc6c5)cc4)n3)nc2)cc1.c1ccc(-c2cccc(-c3nc(-c4ccc(-c5cccc6ncccc56)cc4)nc(-c4cccc(-c5ccccc5)c4)n3)c2)cc1.c1ccc(-c2cccc(-c3nc(-c4ccc(-c5cccc6ncccc56)cc4)nc(-c4cccc(-c5ccccn5)c4)n3)c2)nc1. The lowest BCUT2D eigenvalue weighted by Crippen LogP contribution is -2.01. The second-order valence-electron chi connectivity index (χ2n) is 32.9. The highest BCUT2D eigenvalue weighted by atomic mass is 15.1. The first-order chi connectivity index (χ1) is 68.3. The maximum absolute atomic E-state index is 5.04. The van der Waals surface area contributed by atoms with Crippen molar-refractivity contribution in [1.29, 1.82) is 0 Å². The largest absolute Gasteiger partial charge is 0.265 e. The molecule has 0 N–H and O–H groups in total. The quantitative estimate of drug-likeness (QED) is 0.0783. The van der Waals surface area contributed by atoms with Gasteiger partial charge in [-0.3, -0.25) is 34.9 Å². The van der Waals surface area contributed by atoms with E-state index < -0.39 is 0 Å². The molecule has 0 spiro atoms. The van der Waals surface area contributed by atoms with Crippen molar-refractivity contribution < 1.29 is 0 Å². The summed E-state index contributed by atoms with van der Waals surface area (Å²) in [6.07, 6.45) is 14.6. The molecule has 14 aromatic carbocycles. The van der Waals surface area contributed by atoms with Crippen LogP contribution in [-0.4, -0.2) is 79.7 Å². The van der Waals surface area contributed by atoms with Gasteiger partial charge in [0.2, 0.25) is 0 Å². The normalized spacial score (nSPS) is 11.0. The molecule has 0 saturated carbocycles. The molecule has 648 valence electrons. The van der Waals surface area contributed by atoms with Gasteiger partial charge in [-0.2, -0.15) is 0 Å². The topological polar surface area (TPSA) is 206 Å². The maximum atomic E-state index is 5.04. The Balaban J connectivity index is 0.000000119. The second kappa shape index (κ2) is 39.2. The van der Waals surface area contributed by atoms with Gasteiger partial charge in [0.25, 0.3) is 0 Å². The number of pyridine rings is 7. The van der Waals surface area contributed by atoms with Crippen molar-refractivity contribution in [1.82, 2.24) is 79.7 Å². The Morgan fingerprint density at radius 1 is 0.130 bits per heavy atom. The molecule has 0 bridgehead atoms. The van der Waals surface area contributed by atoms with E-state index >= 15 is 0 Å². The van der Waals surface area contributed by atoms with E-state index in [0.29, 0.717) is 58.1 Å². The minimum Gasteiger partial charge on any atom is -0.265 e. The summed E-state index contributed by atoms with van der Waals surface area (Å²) in [5.41, 5.74) is 30.1. The predicted molar refractivity (Wildman–Crippen MR) is 554 cm³/mol. The Labute approximate surface area is 796 Å². The number of rotatable bonds is 18. The number of hydrogen-bond donors (Lipinski definition) is 0. The Morgan fingerprint density at radius 2 is 0.435 bits per heavy atom. The van der Waals surface area contributed by atoms with Gasteiger partial charge in [-0.25, -0.2) is 44.9 Å². The monoisotopic (exact) mass is 1770 g/mol. The van der Waals surface area contributed by atoms with Crippen LogP contribution in [0.4, 0.5) is 0 Å². The van der Waals surface area contributed by atoms with Crippen molar-refractivity contribution in [3.63, 3.8) is 0 Å². The zero-order valence-corrected chi connectivity index (χ0v) is 74.3. The molecular weight excluding hydrogens is 1690 g/mol. The predicted octanol–water partition coefficient (Wildman–Crippen LogP) is 28.8. The molecule has 0 radical (unpaired) electrons. The molecule has 0 atom stereocenters. The van der Waals surface area contributed by atoms with Crippen LogP contribution in [0, 0.1) is 0 Å². The van der Waals surface area contributed by atoms with E-state index in [1.807, 2.05) is 219 Å². The highest BCUT2D eigenvalue weighted by molar-refractivity contribution is 5.96. The Morgan fingerprint density at radius 3 is 0.855 bits per heavy atom. The molecule has 0 unspecified atom stereocenters. The van der Waals surface area contributed by atoms with Crippen molar-refractivity contribution in [3.05, 3.63) is 486 Å². The van der Waals surface area contributed by atoms with Crippen LogP contribution in [0.15, 0.2) is 486 Å². The van der Waals surface area contributed by atoms with Gasteiger partial charge in [0.1, 0.15) is 5.69 Å². The Bertz CT molecular complexity index is 7800. The van der Waals surface area contributed by atoms with Crippen LogP contribution >= 0.6 is 0 Å². The molecule has 138 heavy (non-hydrogen) atoms. The first-order valence-electron chi connectivity index (χ1n) is 45.3. The highest BCUT2D eigenvalue weighted by Crippen LogP contribution is 2.39. The number of aromatic nitrogens is 16. The van der Waals surface area contributed by atoms with E-state index in [1.54, 1.807) is 24.8 Å². The van der Waals surface area contributed by atoms with E-state index in [4.69, 9.17) is 49.8 Å². The van der Waals surface area contributed by atoms with Crippen LogP contribution in [0.25, 0.3) is 236 Å². The van der Waals surface area contributed by atoms with E-state index in [2.05, 4.69) is 273 Å². The highest BCUT2D eigenvalue weighted by Gasteiger charge is 2.21. The third-order valence-electron chi connectivity index (χ3n) is 24.0. The third-order valence-corrected chi connectivity index (χ3v) is 24.0. The molecule has 0 aliphatic rings. The fourth-order valence-electron chi connectivity index (χ4n) is 16.9. The van der Waals surface area contributed by atoms with Crippen molar-refractivity contribution in [3.8, 4) is 203 Å². The molecule has 16 heteroatoms. The van der Waals surface area contributed by atoms with Gasteiger partial charge < -0.3 is 0 Å². The molecule has 16 nitrogen and oxygen atoms in total. The molecule has 0 amide bonds. The van der Waals surface area contributed by atoms with Gasteiger partial charge in [-0.05, 0) is 170 Å². The zero-order valence-electron chi connectivity index (χ0n) is 74.3. The third kappa shape index (κ3) is 18.8. The van der Waals surface area contributed by atoms with Crippen LogP contribution in [0.5, 0.6) is 0 Å². The van der Waals surface area contributed by atoms with E-state index in [1.165, 1.54) is 0 Å². The fourth-order valence-corrected chi connectivity index (χ4v) is 16.9. The van der Waals surface area contributed by atoms with Crippen molar-refractivity contribution in [2.24, 2.45) is 0 Å². The number of nitrogens with zero attached hydrogens (tertiary/aromatic N) is 16. The van der Waals surface area contributed by atoms with Crippen LogP contribution in [0.2, 0.25) is 0 Å². The summed E-state index contributed by atoms with van der Waals surface area (Å²) in [5.74, 6) is 5.34. The summed E-state index contributed by atoms with van der Waals surface area (Å²) < 4.78 is 0. The summed E-state index contributed by atoms with van der Waals surface area (Å²) in [6.45, 7) is 0. The van der Waals surface area contributed by atoms with Gasteiger partial charge in [0.15, 0.2) is 52.4 Å². The first-order valence-corrected chi connectivity index (χ1v) is 45.3. The lowest BCUT2D eigenvalue weighted by molar-refractivity contribution is 1.06. The van der Waals surface area contributed by atoms with E-state index in [0.717, 1.165) is 178 Å². The van der Waals surface area contributed by atoms with Gasteiger partial charge in [0, 0.05) is 132 Å². The number of hydrogen-bond acceptors (Lipinski definition) is 16. The van der Waals surface area contributed by atoms with Crippen LogP contribution in [-0.2, 0) is 0 Å². The van der Waals surface area contributed by atoms with Crippen LogP contribution < -0.4 is 0 Å². The number of benzene rings is 14. The lowest BCUT2D eigenvalue weighted by atomic mass is 9.99. The van der Waals surface area contributed by atoms with Gasteiger partial charge >= 0.3 is 0 Å². The van der Waals surface area contributed by atoms with Crippen LogP contribution in [0.1, 0.15) is 0 Å². The number of para-hydroxylation sites is 1. The van der Waals surface area contributed by atoms with E-state index in [9.17, 15) is 0 Å². The average Bonchev–Trinajstić information content (AvgIpc) is 0.791. The van der Waals surface area contributed by atoms with E-state index in [-0.39, 0.29) is 0 Å². The molecule has 10 heterocycles. The molecule has 24 rings (SSSR count). The van der Waals surface area contributed by atoms with Gasteiger partial charge in [0.05, 0.1) is 27.9 Å². The van der Waals surface area contributed by atoms with Crippen molar-refractivity contribution in [2.75, 3.05) is 0 Å². The Kier molecular flexibility index (Phi) is 24.0. The lowest BCUT2D eigenvalue weighted by Gasteiger charge is -2.11. The molecule has 0 aliphatic heterocycles. The fraction of sp³-hybridized carbons (Fsp3) is 0. The van der Waals surface area contributed by atoms with Crippen molar-refractivity contribution >= 4 is 32.7 Å². The van der Waals surface area contributed by atoms with Gasteiger partial charge in [-0.15, -0.1) is 0 Å². The summed E-state index contributed by atoms with van der Waals surface area (Å²) in [5, 5.41) is 3.35. The smallest absolute Gasteiger partial charge is 0.182 e. The molecule has 10 aromatic heterocycles.